The number of carbonyl (C=O) groups is 1. The second-order valence-electron chi connectivity index (χ2n) is 10.6. The second kappa shape index (κ2) is 12.1. The minimum Gasteiger partial charge on any atom is -0.449 e. The second-order valence-corrected chi connectivity index (χ2v) is 11.4. The standard InChI is InChI=1S/C29H34Cl2FN3O3/c1-19(2)17-38-28(36)34-13-11-23(12-14-34)37-18-27-33-16-26(35(27)22-8-6-21(32)7-9-22)29(3,4)20-5-10-24(30)25(31)15-20/h5-10,15-16,19,23H,11-14,17-18H2,1-4H3. The molecule has 0 spiro atoms. The number of halogens is 3. The average Bonchev–Trinajstić information content (AvgIpc) is 3.33. The molecule has 1 fully saturated rings. The summed E-state index contributed by atoms with van der Waals surface area (Å²) in [5.41, 5.74) is 2.17. The summed E-state index contributed by atoms with van der Waals surface area (Å²) in [6.45, 7) is 10.1. The van der Waals surface area contributed by atoms with Crippen LogP contribution in [0.15, 0.2) is 48.7 Å². The Balaban J connectivity index is 1.52. The van der Waals surface area contributed by atoms with E-state index in [2.05, 4.69) is 13.8 Å². The first-order valence-corrected chi connectivity index (χ1v) is 13.6. The van der Waals surface area contributed by atoms with Gasteiger partial charge < -0.3 is 14.4 Å². The molecule has 38 heavy (non-hydrogen) atoms. The van der Waals surface area contributed by atoms with Gasteiger partial charge in [-0.1, -0.05) is 57.0 Å². The van der Waals surface area contributed by atoms with Gasteiger partial charge in [0, 0.05) is 30.4 Å². The van der Waals surface area contributed by atoms with Crippen molar-refractivity contribution >= 4 is 29.3 Å². The van der Waals surface area contributed by atoms with E-state index in [-0.39, 0.29) is 24.6 Å². The fraction of sp³-hybridized carbons (Fsp3) is 0.448. The van der Waals surface area contributed by atoms with Gasteiger partial charge >= 0.3 is 6.09 Å². The number of piperidine rings is 1. The van der Waals surface area contributed by atoms with Crippen LogP contribution in [0, 0.1) is 11.7 Å². The first kappa shape index (κ1) is 28.4. The van der Waals surface area contributed by atoms with Crippen molar-refractivity contribution < 1.29 is 18.7 Å². The predicted molar refractivity (Wildman–Crippen MR) is 148 cm³/mol. The molecule has 0 N–H and O–H groups in total. The van der Waals surface area contributed by atoms with Crippen LogP contribution in [-0.2, 0) is 21.5 Å². The van der Waals surface area contributed by atoms with Crippen molar-refractivity contribution in [2.45, 2.75) is 58.7 Å². The average molecular weight is 563 g/mol. The summed E-state index contributed by atoms with van der Waals surface area (Å²) in [4.78, 5) is 18.7. The first-order valence-electron chi connectivity index (χ1n) is 12.9. The van der Waals surface area contributed by atoms with Crippen molar-refractivity contribution in [2.75, 3.05) is 19.7 Å². The van der Waals surface area contributed by atoms with Gasteiger partial charge in [0.1, 0.15) is 18.2 Å². The maximum Gasteiger partial charge on any atom is 0.409 e. The van der Waals surface area contributed by atoms with Gasteiger partial charge in [0.05, 0.1) is 28.5 Å². The van der Waals surface area contributed by atoms with Gasteiger partial charge in [-0.05, 0) is 60.7 Å². The first-order chi connectivity index (χ1) is 18.1. The van der Waals surface area contributed by atoms with E-state index in [0.717, 1.165) is 29.8 Å². The molecule has 1 saturated heterocycles. The fourth-order valence-corrected chi connectivity index (χ4v) is 4.87. The lowest BCUT2D eigenvalue weighted by Crippen LogP contribution is -2.41. The molecular formula is C29H34Cl2FN3O3. The summed E-state index contributed by atoms with van der Waals surface area (Å²) in [5, 5.41) is 0.972. The van der Waals surface area contributed by atoms with Crippen LogP contribution in [0.25, 0.3) is 5.69 Å². The Labute approximate surface area is 233 Å². The molecule has 0 aliphatic carbocycles. The minimum absolute atomic E-state index is 0.00551. The molecule has 1 aromatic heterocycles. The number of imidazole rings is 1. The van der Waals surface area contributed by atoms with Gasteiger partial charge in [0.2, 0.25) is 0 Å². The molecule has 3 aromatic rings. The highest BCUT2D eigenvalue weighted by Crippen LogP contribution is 2.37. The highest BCUT2D eigenvalue weighted by Gasteiger charge is 2.31. The maximum atomic E-state index is 13.8. The molecule has 2 heterocycles. The highest BCUT2D eigenvalue weighted by molar-refractivity contribution is 6.42. The monoisotopic (exact) mass is 561 g/mol. The summed E-state index contributed by atoms with van der Waals surface area (Å²) < 4.78 is 27.4. The Morgan fingerprint density at radius 1 is 1.11 bits per heavy atom. The smallest absolute Gasteiger partial charge is 0.409 e. The third kappa shape index (κ3) is 6.50. The predicted octanol–water partition coefficient (Wildman–Crippen LogP) is 7.42. The van der Waals surface area contributed by atoms with Gasteiger partial charge in [-0.2, -0.15) is 0 Å². The van der Waals surface area contributed by atoms with Crippen LogP contribution in [-0.4, -0.2) is 46.3 Å². The van der Waals surface area contributed by atoms with E-state index in [4.69, 9.17) is 37.7 Å². The normalized spacial score (nSPS) is 14.8. The van der Waals surface area contributed by atoms with Crippen LogP contribution >= 0.6 is 23.2 Å². The van der Waals surface area contributed by atoms with Gasteiger partial charge in [-0.25, -0.2) is 14.2 Å². The van der Waals surface area contributed by atoms with Crippen molar-refractivity contribution in [3.63, 3.8) is 0 Å². The molecule has 1 amide bonds. The van der Waals surface area contributed by atoms with Crippen LogP contribution in [0.5, 0.6) is 0 Å². The van der Waals surface area contributed by atoms with Gasteiger partial charge in [-0.3, -0.25) is 4.57 Å². The molecule has 0 bridgehead atoms. The zero-order valence-electron chi connectivity index (χ0n) is 22.2. The van der Waals surface area contributed by atoms with E-state index in [1.54, 1.807) is 23.1 Å². The fourth-order valence-electron chi connectivity index (χ4n) is 4.57. The van der Waals surface area contributed by atoms with Gasteiger partial charge in [0.25, 0.3) is 0 Å². The lowest BCUT2D eigenvalue weighted by atomic mass is 9.81. The Morgan fingerprint density at radius 2 is 1.79 bits per heavy atom. The van der Waals surface area contributed by atoms with Crippen LogP contribution in [0.2, 0.25) is 10.0 Å². The van der Waals surface area contributed by atoms with E-state index in [0.29, 0.717) is 41.5 Å². The minimum atomic E-state index is -0.491. The molecular weight excluding hydrogens is 528 g/mol. The Hall–Kier alpha value is -2.61. The molecule has 6 nitrogen and oxygen atoms in total. The number of amides is 1. The maximum absolute atomic E-state index is 13.8. The summed E-state index contributed by atoms with van der Waals surface area (Å²) in [6, 6.07) is 11.9. The van der Waals surface area contributed by atoms with Crippen LogP contribution < -0.4 is 0 Å². The summed E-state index contributed by atoms with van der Waals surface area (Å²) >= 11 is 12.5. The van der Waals surface area contributed by atoms with Gasteiger partial charge in [-0.15, -0.1) is 0 Å². The number of carbonyl (C=O) groups excluding carboxylic acids is 1. The summed E-state index contributed by atoms with van der Waals surface area (Å²) in [6.07, 6.45) is 3.00. The zero-order valence-corrected chi connectivity index (χ0v) is 23.7. The van der Waals surface area contributed by atoms with Crippen molar-refractivity contribution in [1.29, 1.82) is 0 Å². The third-order valence-electron chi connectivity index (χ3n) is 6.89. The number of rotatable bonds is 8. The number of nitrogens with zero attached hydrogens (tertiary/aromatic N) is 3. The van der Waals surface area contributed by atoms with E-state index < -0.39 is 5.41 Å². The third-order valence-corrected chi connectivity index (χ3v) is 7.63. The largest absolute Gasteiger partial charge is 0.449 e. The van der Waals surface area contributed by atoms with Crippen molar-refractivity contribution in [3.8, 4) is 5.69 Å². The molecule has 0 radical (unpaired) electrons. The molecule has 0 unspecified atom stereocenters. The zero-order chi connectivity index (χ0) is 27.4. The molecule has 4 rings (SSSR count). The molecule has 204 valence electrons. The number of ether oxygens (including phenoxy) is 2. The number of hydrogen-bond donors (Lipinski definition) is 0. The lowest BCUT2D eigenvalue weighted by molar-refractivity contribution is -0.00701. The quantitative estimate of drug-likeness (QED) is 0.287. The number of benzene rings is 2. The van der Waals surface area contributed by atoms with Crippen LogP contribution in [0.3, 0.4) is 0 Å². The molecule has 1 aliphatic rings. The van der Waals surface area contributed by atoms with E-state index >= 15 is 0 Å². The molecule has 9 heteroatoms. The van der Waals surface area contributed by atoms with E-state index in [1.165, 1.54) is 12.1 Å². The molecule has 0 saturated carbocycles. The number of likely N-dealkylation sites (tertiary alicyclic amines) is 1. The Bertz CT molecular complexity index is 1250. The SMILES string of the molecule is CC(C)COC(=O)N1CCC(OCc2ncc(C(C)(C)c3ccc(Cl)c(Cl)c3)n2-c2ccc(F)cc2)CC1. The van der Waals surface area contributed by atoms with E-state index in [9.17, 15) is 9.18 Å². The molecule has 0 atom stereocenters. The Kier molecular flexibility index (Phi) is 9.01. The molecule has 2 aromatic carbocycles. The van der Waals surface area contributed by atoms with Crippen LogP contribution in [0.1, 0.15) is 57.6 Å². The number of hydrogen-bond acceptors (Lipinski definition) is 4. The lowest BCUT2D eigenvalue weighted by Gasteiger charge is -2.31. The highest BCUT2D eigenvalue weighted by atomic mass is 35.5. The van der Waals surface area contributed by atoms with Gasteiger partial charge in [0.15, 0.2) is 0 Å². The van der Waals surface area contributed by atoms with E-state index in [1.807, 2.05) is 36.7 Å². The number of aromatic nitrogens is 2. The summed E-state index contributed by atoms with van der Waals surface area (Å²) in [5.74, 6) is 0.699. The van der Waals surface area contributed by atoms with Crippen LogP contribution in [0.4, 0.5) is 9.18 Å². The summed E-state index contributed by atoms with van der Waals surface area (Å²) in [7, 11) is 0. The van der Waals surface area contributed by atoms with Crippen molar-refractivity contribution in [3.05, 3.63) is 81.6 Å². The Morgan fingerprint density at radius 3 is 2.42 bits per heavy atom. The topological polar surface area (TPSA) is 56.6 Å². The molecule has 1 aliphatic heterocycles. The van der Waals surface area contributed by atoms with Crippen molar-refractivity contribution in [1.82, 2.24) is 14.5 Å². The van der Waals surface area contributed by atoms with Crippen molar-refractivity contribution in [2.24, 2.45) is 5.92 Å².